The topological polar surface area (TPSA) is 17.1 Å². The summed E-state index contributed by atoms with van der Waals surface area (Å²) in [5.41, 5.74) is 3.29. The molecule has 0 aliphatic heterocycles. The molecule has 0 unspecified atom stereocenters. The van der Waals surface area contributed by atoms with Crippen LogP contribution in [0.1, 0.15) is 60.0 Å². The summed E-state index contributed by atoms with van der Waals surface area (Å²) in [4.78, 5) is 12.2. The minimum absolute atomic E-state index is 0.337. The number of aryl methyl sites for hydroxylation is 2. The van der Waals surface area contributed by atoms with E-state index in [1.54, 1.807) is 0 Å². The summed E-state index contributed by atoms with van der Waals surface area (Å²) in [5.74, 6) is 0.973. The summed E-state index contributed by atoms with van der Waals surface area (Å²) in [6.45, 7) is 4.12. The molecule has 17 heavy (non-hydrogen) atoms. The maximum absolute atomic E-state index is 12.2. The van der Waals surface area contributed by atoms with Crippen molar-refractivity contribution in [1.82, 2.24) is 0 Å². The van der Waals surface area contributed by atoms with Gasteiger partial charge in [-0.1, -0.05) is 49.3 Å². The molecule has 1 saturated carbocycles. The van der Waals surface area contributed by atoms with Crippen molar-refractivity contribution in [2.75, 3.05) is 0 Å². The lowest BCUT2D eigenvalue weighted by Gasteiger charge is -2.20. The Morgan fingerprint density at radius 3 is 2.24 bits per heavy atom. The second-order valence-corrected chi connectivity index (χ2v) is 5.51. The van der Waals surface area contributed by atoms with Crippen LogP contribution < -0.4 is 0 Å². The van der Waals surface area contributed by atoms with Crippen molar-refractivity contribution in [1.29, 1.82) is 0 Å². The number of carbonyl (C=O) groups is 1. The number of ketones is 1. The van der Waals surface area contributed by atoms with Gasteiger partial charge in [-0.15, -0.1) is 0 Å². The van der Waals surface area contributed by atoms with Gasteiger partial charge in [0.15, 0.2) is 5.78 Å². The number of benzene rings is 1. The maximum atomic E-state index is 12.2. The molecular formula is C16H22O. The average Bonchev–Trinajstić information content (AvgIpc) is 2.29. The average molecular weight is 230 g/mol. The van der Waals surface area contributed by atoms with E-state index < -0.39 is 0 Å². The van der Waals surface area contributed by atoms with Gasteiger partial charge in [-0.05, 0) is 31.9 Å². The molecule has 0 saturated heterocycles. The standard InChI is InChI=1S/C16H22O/c1-12-8-13(2)10-15(9-12)16(17)11-14-6-4-3-5-7-14/h8-10,14H,3-7,11H2,1-2H3. The van der Waals surface area contributed by atoms with E-state index in [1.165, 1.54) is 43.2 Å². The number of rotatable bonds is 3. The third-order valence-corrected chi connectivity index (χ3v) is 3.74. The number of hydrogen-bond acceptors (Lipinski definition) is 1. The Labute approximate surface area is 104 Å². The SMILES string of the molecule is Cc1cc(C)cc(C(=O)CC2CCCCC2)c1. The fraction of sp³-hybridized carbons (Fsp3) is 0.562. The van der Waals surface area contributed by atoms with E-state index >= 15 is 0 Å². The van der Waals surface area contributed by atoms with Gasteiger partial charge >= 0.3 is 0 Å². The third-order valence-electron chi connectivity index (χ3n) is 3.74. The summed E-state index contributed by atoms with van der Waals surface area (Å²) in [6.07, 6.45) is 7.22. The highest BCUT2D eigenvalue weighted by molar-refractivity contribution is 5.96. The quantitative estimate of drug-likeness (QED) is 0.701. The zero-order valence-corrected chi connectivity index (χ0v) is 11.0. The number of carbonyl (C=O) groups excluding carboxylic acids is 1. The molecule has 2 rings (SSSR count). The van der Waals surface area contributed by atoms with Crippen LogP contribution in [-0.2, 0) is 0 Å². The molecule has 0 spiro atoms. The van der Waals surface area contributed by atoms with E-state index in [0.717, 1.165) is 12.0 Å². The summed E-state index contributed by atoms with van der Waals surface area (Å²) in [7, 11) is 0. The van der Waals surface area contributed by atoms with Crippen LogP contribution in [0.15, 0.2) is 18.2 Å². The van der Waals surface area contributed by atoms with Crippen LogP contribution in [0.5, 0.6) is 0 Å². The Hall–Kier alpha value is -1.11. The smallest absolute Gasteiger partial charge is 0.163 e. The predicted molar refractivity (Wildman–Crippen MR) is 71.4 cm³/mol. The van der Waals surface area contributed by atoms with E-state index in [4.69, 9.17) is 0 Å². The molecule has 0 atom stereocenters. The van der Waals surface area contributed by atoms with Crippen molar-refractivity contribution in [3.63, 3.8) is 0 Å². The van der Waals surface area contributed by atoms with Gasteiger partial charge in [0.25, 0.3) is 0 Å². The summed E-state index contributed by atoms with van der Waals surface area (Å²) < 4.78 is 0. The first-order chi connectivity index (χ1) is 8.15. The molecule has 1 heteroatoms. The van der Waals surface area contributed by atoms with Gasteiger partial charge in [-0.25, -0.2) is 0 Å². The Kier molecular flexibility index (Phi) is 3.98. The van der Waals surface area contributed by atoms with Crippen molar-refractivity contribution in [3.8, 4) is 0 Å². The zero-order chi connectivity index (χ0) is 12.3. The predicted octanol–water partition coefficient (Wildman–Crippen LogP) is 4.46. The van der Waals surface area contributed by atoms with Crippen molar-refractivity contribution in [2.24, 2.45) is 5.92 Å². The fourth-order valence-electron chi connectivity index (χ4n) is 2.91. The molecule has 1 aliphatic carbocycles. The van der Waals surface area contributed by atoms with Gasteiger partial charge in [0.05, 0.1) is 0 Å². The molecule has 0 aromatic heterocycles. The molecule has 0 radical (unpaired) electrons. The van der Waals surface area contributed by atoms with Crippen LogP contribution in [0.25, 0.3) is 0 Å². The van der Waals surface area contributed by atoms with Gasteiger partial charge in [-0.3, -0.25) is 4.79 Å². The van der Waals surface area contributed by atoms with E-state index in [9.17, 15) is 4.79 Å². The van der Waals surface area contributed by atoms with Crippen LogP contribution in [0.2, 0.25) is 0 Å². The molecule has 1 aromatic rings. The second-order valence-electron chi connectivity index (χ2n) is 5.51. The van der Waals surface area contributed by atoms with Crippen LogP contribution in [0, 0.1) is 19.8 Å². The molecule has 0 bridgehead atoms. The largest absolute Gasteiger partial charge is 0.294 e. The van der Waals surface area contributed by atoms with E-state index in [1.807, 2.05) is 12.1 Å². The van der Waals surface area contributed by atoms with Gasteiger partial charge in [0.1, 0.15) is 0 Å². The zero-order valence-electron chi connectivity index (χ0n) is 11.0. The first-order valence-corrected chi connectivity index (χ1v) is 6.76. The lowest BCUT2D eigenvalue weighted by Crippen LogP contribution is -2.12. The van der Waals surface area contributed by atoms with Crippen LogP contribution in [0.4, 0.5) is 0 Å². The van der Waals surface area contributed by atoms with Crippen molar-refractivity contribution in [2.45, 2.75) is 52.4 Å². The highest BCUT2D eigenvalue weighted by atomic mass is 16.1. The van der Waals surface area contributed by atoms with E-state index in [0.29, 0.717) is 11.7 Å². The highest BCUT2D eigenvalue weighted by Gasteiger charge is 2.18. The van der Waals surface area contributed by atoms with Crippen LogP contribution in [0.3, 0.4) is 0 Å². The molecule has 1 aromatic carbocycles. The second kappa shape index (κ2) is 5.48. The van der Waals surface area contributed by atoms with Crippen LogP contribution >= 0.6 is 0 Å². The normalized spacial score (nSPS) is 17.1. The molecule has 0 amide bonds. The minimum atomic E-state index is 0.337. The lowest BCUT2D eigenvalue weighted by atomic mass is 9.84. The first-order valence-electron chi connectivity index (χ1n) is 6.76. The van der Waals surface area contributed by atoms with Crippen molar-refractivity contribution >= 4 is 5.78 Å². The highest BCUT2D eigenvalue weighted by Crippen LogP contribution is 2.27. The Bertz CT molecular complexity index is 380. The summed E-state index contributed by atoms with van der Waals surface area (Å²) in [6, 6.07) is 6.17. The monoisotopic (exact) mass is 230 g/mol. The molecule has 92 valence electrons. The molecule has 1 nitrogen and oxygen atoms in total. The van der Waals surface area contributed by atoms with E-state index in [2.05, 4.69) is 19.9 Å². The fourth-order valence-corrected chi connectivity index (χ4v) is 2.91. The summed E-state index contributed by atoms with van der Waals surface area (Å²) in [5, 5.41) is 0. The third kappa shape index (κ3) is 3.42. The minimum Gasteiger partial charge on any atom is -0.294 e. The van der Waals surface area contributed by atoms with Crippen molar-refractivity contribution < 1.29 is 4.79 Å². The number of hydrogen-bond donors (Lipinski definition) is 0. The Morgan fingerprint density at radius 1 is 1.06 bits per heavy atom. The molecule has 1 aliphatic rings. The van der Waals surface area contributed by atoms with Gasteiger partial charge in [-0.2, -0.15) is 0 Å². The van der Waals surface area contributed by atoms with E-state index in [-0.39, 0.29) is 0 Å². The van der Waals surface area contributed by atoms with Crippen molar-refractivity contribution in [3.05, 3.63) is 34.9 Å². The molecule has 0 heterocycles. The Morgan fingerprint density at radius 2 is 1.65 bits per heavy atom. The van der Waals surface area contributed by atoms with Crippen LogP contribution in [-0.4, -0.2) is 5.78 Å². The number of Topliss-reactive ketones (excluding diaryl/α,β-unsaturated/α-hetero) is 1. The lowest BCUT2D eigenvalue weighted by molar-refractivity contribution is 0.0950. The Balaban J connectivity index is 2.03. The molecule has 0 N–H and O–H groups in total. The first kappa shape index (κ1) is 12.3. The maximum Gasteiger partial charge on any atom is 0.163 e. The summed E-state index contributed by atoms with van der Waals surface area (Å²) >= 11 is 0. The van der Waals surface area contributed by atoms with Gasteiger partial charge in [0.2, 0.25) is 0 Å². The molecule has 1 fully saturated rings. The van der Waals surface area contributed by atoms with Gasteiger partial charge < -0.3 is 0 Å². The molecular weight excluding hydrogens is 208 g/mol. The van der Waals surface area contributed by atoms with Gasteiger partial charge in [0, 0.05) is 12.0 Å².